The zero-order chi connectivity index (χ0) is 20.1. The Bertz CT molecular complexity index is 1200. The van der Waals surface area contributed by atoms with E-state index in [1.165, 1.54) is 0 Å². The number of H-pyrrole nitrogens is 1. The van der Waals surface area contributed by atoms with Crippen LogP contribution >= 0.6 is 0 Å². The van der Waals surface area contributed by atoms with Crippen molar-refractivity contribution in [1.82, 2.24) is 9.88 Å². The Morgan fingerprint density at radius 2 is 1.93 bits per heavy atom. The van der Waals surface area contributed by atoms with E-state index in [1.807, 2.05) is 44.2 Å². The number of aromatic amines is 1. The van der Waals surface area contributed by atoms with Crippen LogP contribution in [0.1, 0.15) is 39.4 Å². The second-order valence-electron chi connectivity index (χ2n) is 7.91. The Kier molecular flexibility index (Phi) is 4.08. The van der Waals surface area contributed by atoms with Crippen LogP contribution in [0.2, 0.25) is 0 Å². The highest BCUT2D eigenvalue weighted by Gasteiger charge is 2.30. The molecule has 3 aromatic rings. The third-order valence-electron chi connectivity index (χ3n) is 5.87. The van der Waals surface area contributed by atoms with Crippen LogP contribution in [0.25, 0.3) is 10.9 Å². The quantitative estimate of drug-likeness (QED) is 0.727. The molecule has 148 valence electrons. The number of benzene rings is 2. The molecule has 5 rings (SSSR count). The molecule has 6 nitrogen and oxygen atoms in total. The van der Waals surface area contributed by atoms with Crippen molar-refractivity contribution in [2.75, 3.05) is 19.9 Å². The molecule has 1 atom stereocenters. The highest BCUT2D eigenvalue weighted by molar-refractivity contribution is 5.98. The van der Waals surface area contributed by atoms with Gasteiger partial charge >= 0.3 is 0 Å². The lowest BCUT2D eigenvalue weighted by atomic mass is 9.98. The Hall–Kier alpha value is -3.28. The molecule has 1 fully saturated rings. The van der Waals surface area contributed by atoms with Crippen LogP contribution in [-0.4, -0.2) is 35.7 Å². The van der Waals surface area contributed by atoms with Crippen LogP contribution in [0.4, 0.5) is 0 Å². The zero-order valence-corrected chi connectivity index (χ0v) is 16.5. The summed E-state index contributed by atoms with van der Waals surface area (Å²) < 4.78 is 10.8. The monoisotopic (exact) mass is 390 g/mol. The maximum Gasteiger partial charge on any atom is 0.261 e. The molecule has 2 aliphatic heterocycles. The Balaban J connectivity index is 1.41. The van der Waals surface area contributed by atoms with Gasteiger partial charge in [-0.15, -0.1) is 0 Å². The minimum atomic E-state index is -0.332. The standard InChI is InChI=1S/C23H22N2O4/c1-13-7-14(2)21-17(8-13)9-18(22(26)24-21)23(27)25-6-5-16(11-25)15-3-4-19-20(10-15)29-12-28-19/h3-4,7-10,16H,5-6,11-12H2,1-2H3,(H,24,26). The molecule has 1 N–H and O–H groups in total. The van der Waals surface area contributed by atoms with Crippen molar-refractivity contribution in [3.05, 3.63) is 69.0 Å². The molecule has 1 amide bonds. The molecule has 2 aliphatic rings. The van der Waals surface area contributed by atoms with Crippen LogP contribution in [0, 0.1) is 13.8 Å². The second kappa shape index (κ2) is 6.65. The van der Waals surface area contributed by atoms with E-state index >= 15 is 0 Å². The summed E-state index contributed by atoms with van der Waals surface area (Å²) in [5.41, 5.74) is 3.89. The molecular formula is C23H22N2O4. The summed E-state index contributed by atoms with van der Waals surface area (Å²) in [7, 11) is 0. The number of hydrogen-bond donors (Lipinski definition) is 1. The van der Waals surface area contributed by atoms with Crippen LogP contribution in [0.5, 0.6) is 11.5 Å². The van der Waals surface area contributed by atoms with E-state index in [4.69, 9.17) is 9.47 Å². The molecule has 29 heavy (non-hydrogen) atoms. The number of hydrogen-bond acceptors (Lipinski definition) is 4. The summed E-state index contributed by atoms with van der Waals surface area (Å²) in [6.07, 6.45) is 0.856. The summed E-state index contributed by atoms with van der Waals surface area (Å²) in [4.78, 5) is 30.4. The summed E-state index contributed by atoms with van der Waals surface area (Å²) >= 11 is 0. The fraction of sp³-hybridized carbons (Fsp3) is 0.304. The number of aryl methyl sites for hydroxylation is 2. The lowest BCUT2D eigenvalue weighted by Gasteiger charge is -2.17. The molecule has 3 heterocycles. The Morgan fingerprint density at radius 1 is 1.10 bits per heavy atom. The van der Waals surface area contributed by atoms with Crippen LogP contribution in [0.15, 0.2) is 41.2 Å². The summed E-state index contributed by atoms with van der Waals surface area (Å²) in [6, 6.07) is 11.7. The maximum absolute atomic E-state index is 13.1. The van der Waals surface area contributed by atoms with Gasteiger partial charge in [0.05, 0.1) is 5.52 Å². The van der Waals surface area contributed by atoms with Crippen molar-refractivity contribution in [3.63, 3.8) is 0 Å². The van der Waals surface area contributed by atoms with Gasteiger partial charge in [0.2, 0.25) is 6.79 Å². The molecule has 0 spiro atoms. The Labute approximate surface area is 168 Å². The predicted octanol–water partition coefficient (Wildman–Crippen LogP) is 3.50. The van der Waals surface area contributed by atoms with Crippen LogP contribution < -0.4 is 15.0 Å². The number of ether oxygens (including phenoxy) is 2. The van der Waals surface area contributed by atoms with Gasteiger partial charge in [-0.05, 0) is 61.0 Å². The first-order valence-corrected chi connectivity index (χ1v) is 9.83. The fourth-order valence-corrected chi connectivity index (χ4v) is 4.40. The fourth-order valence-electron chi connectivity index (χ4n) is 4.40. The first kappa shape index (κ1) is 17.8. The smallest absolute Gasteiger partial charge is 0.261 e. The van der Waals surface area contributed by atoms with Crippen molar-refractivity contribution in [2.24, 2.45) is 0 Å². The third-order valence-corrected chi connectivity index (χ3v) is 5.87. The van der Waals surface area contributed by atoms with E-state index in [1.54, 1.807) is 11.0 Å². The minimum absolute atomic E-state index is 0.203. The van der Waals surface area contributed by atoms with Crippen molar-refractivity contribution >= 4 is 16.8 Å². The number of nitrogens with one attached hydrogen (secondary N) is 1. The highest BCUT2D eigenvalue weighted by Crippen LogP contribution is 2.37. The first-order valence-electron chi connectivity index (χ1n) is 9.83. The van der Waals surface area contributed by atoms with Gasteiger partial charge in [-0.1, -0.05) is 17.7 Å². The molecule has 2 aromatic carbocycles. The number of amides is 1. The van der Waals surface area contributed by atoms with Gasteiger partial charge < -0.3 is 19.4 Å². The zero-order valence-electron chi connectivity index (χ0n) is 16.5. The van der Waals surface area contributed by atoms with Gasteiger partial charge in [0.15, 0.2) is 11.5 Å². The third kappa shape index (κ3) is 3.05. The average molecular weight is 390 g/mol. The number of fused-ring (bicyclic) bond motifs is 2. The predicted molar refractivity (Wildman–Crippen MR) is 110 cm³/mol. The molecule has 0 saturated carbocycles. The van der Waals surface area contributed by atoms with E-state index < -0.39 is 0 Å². The van der Waals surface area contributed by atoms with Crippen molar-refractivity contribution in [1.29, 1.82) is 0 Å². The number of likely N-dealkylation sites (tertiary alicyclic amines) is 1. The lowest BCUT2D eigenvalue weighted by Crippen LogP contribution is -2.33. The topological polar surface area (TPSA) is 71.6 Å². The maximum atomic E-state index is 13.1. The number of nitrogens with zero attached hydrogens (tertiary/aromatic N) is 1. The molecule has 0 radical (unpaired) electrons. The van der Waals surface area contributed by atoms with Crippen molar-refractivity contribution in [2.45, 2.75) is 26.2 Å². The second-order valence-corrected chi connectivity index (χ2v) is 7.91. The molecule has 1 saturated heterocycles. The van der Waals surface area contributed by atoms with Gasteiger partial charge in [0.25, 0.3) is 11.5 Å². The van der Waals surface area contributed by atoms with E-state index in [2.05, 4.69) is 4.98 Å². The van der Waals surface area contributed by atoms with Gasteiger partial charge in [0.1, 0.15) is 5.56 Å². The SMILES string of the molecule is Cc1cc(C)c2[nH]c(=O)c(C(=O)N3CCC(c4ccc5c(c4)OCO5)C3)cc2c1. The van der Waals surface area contributed by atoms with Gasteiger partial charge in [-0.25, -0.2) is 0 Å². The van der Waals surface area contributed by atoms with E-state index in [0.29, 0.717) is 13.1 Å². The average Bonchev–Trinajstić information content (AvgIpc) is 3.36. The van der Waals surface area contributed by atoms with Crippen molar-refractivity contribution < 1.29 is 14.3 Å². The number of carbonyl (C=O) groups is 1. The van der Waals surface area contributed by atoms with Crippen molar-refractivity contribution in [3.8, 4) is 11.5 Å². The lowest BCUT2D eigenvalue weighted by molar-refractivity contribution is 0.0789. The molecular weight excluding hydrogens is 368 g/mol. The Morgan fingerprint density at radius 3 is 2.79 bits per heavy atom. The normalized spacial score (nSPS) is 17.9. The van der Waals surface area contributed by atoms with E-state index in [9.17, 15) is 9.59 Å². The van der Waals surface area contributed by atoms with Crippen LogP contribution in [0.3, 0.4) is 0 Å². The number of pyridine rings is 1. The molecule has 0 aliphatic carbocycles. The summed E-state index contributed by atoms with van der Waals surface area (Å²) in [5.74, 6) is 1.52. The molecule has 6 heteroatoms. The summed E-state index contributed by atoms with van der Waals surface area (Å²) in [6.45, 7) is 5.43. The first-order chi connectivity index (χ1) is 14.0. The summed E-state index contributed by atoms with van der Waals surface area (Å²) in [5, 5.41) is 0.886. The minimum Gasteiger partial charge on any atom is -0.454 e. The number of aromatic nitrogens is 1. The molecule has 1 unspecified atom stereocenters. The molecule has 0 bridgehead atoms. The number of rotatable bonds is 2. The van der Waals surface area contributed by atoms with Gasteiger partial charge in [-0.2, -0.15) is 0 Å². The van der Waals surface area contributed by atoms with Crippen LogP contribution in [-0.2, 0) is 0 Å². The van der Waals surface area contributed by atoms with Gasteiger partial charge in [-0.3, -0.25) is 9.59 Å². The molecule has 1 aromatic heterocycles. The largest absolute Gasteiger partial charge is 0.454 e. The van der Waals surface area contributed by atoms with E-state index in [0.717, 1.165) is 45.5 Å². The van der Waals surface area contributed by atoms with E-state index in [-0.39, 0.29) is 29.7 Å². The van der Waals surface area contributed by atoms with Gasteiger partial charge in [0, 0.05) is 19.0 Å². The highest BCUT2D eigenvalue weighted by atomic mass is 16.7. The number of carbonyl (C=O) groups excluding carboxylic acids is 1.